The van der Waals surface area contributed by atoms with Crippen LogP contribution in [0.25, 0.3) is 0 Å². The first-order valence-electron chi connectivity index (χ1n) is 3.38. The molecule has 0 rings (SSSR count). The second kappa shape index (κ2) is 5.12. The van der Waals surface area contributed by atoms with E-state index in [0.29, 0.717) is 0 Å². The van der Waals surface area contributed by atoms with E-state index in [2.05, 4.69) is 0 Å². The Hall–Kier alpha value is -1.58. The molecule has 0 aromatic rings. The first-order chi connectivity index (χ1) is 5.57. The standard InChI is InChI=1S/C8H11NO3/c1-3-6-9(2)7(10)4-5-8(11)12/h3-6H,1-2H3,(H,11,12)/b5-4+,6-3+. The summed E-state index contributed by atoms with van der Waals surface area (Å²) >= 11 is 0. The predicted molar refractivity (Wildman–Crippen MR) is 44.4 cm³/mol. The summed E-state index contributed by atoms with van der Waals surface area (Å²) in [5, 5.41) is 8.20. The van der Waals surface area contributed by atoms with Crippen LogP contribution < -0.4 is 0 Å². The van der Waals surface area contributed by atoms with Gasteiger partial charge in [0.05, 0.1) is 0 Å². The van der Waals surface area contributed by atoms with E-state index in [4.69, 9.17) is 5.11 Å². The normalized spacial score (nSPS) is 10.8. The molecule has 66 valence electrons. The molecule has 0 radical (unpaired) electrons. The van der Waals surface area contributed by atoms with Crippen LogP contribution in [0.2, 0.25) is 0 Å². The average Bonchev–Trinajstić information content (AvgIpc) is 2.00. The highest BCUT2D eigenvalue weighted by molar-refractivity contribution is 5.94. The molecule has 0 fully saturated rings. The van der Waals surface area contributed by atoms with Gasteiger partial charge in [0.25, 0.3) is 0 Å². The van der Waals surface area contributed by atoms with Crippen molar-refractivity contribution in [3.05, 3.63) is 24.4 Å². The summed E-state index contributed by atoms with van der Waals surface area (Å²) in [6.07, 6.45) is 5.05. The minimum atomic E-state index is -1.13. The Morgan fingerprint density at radius 3 is 2.33 bits per heavy atom. The van der Waals surface area contributed by atoms with Gasteiger partial charge in [-0.15, -0.1) is 0 Å². The van der Waals surface area contributed by atoms with Crippen molar-refractivity contribution in [3.63, 3.8) is 0 Å². The van der Waals surface area contributed by atoms with Crippen LogP contribution in [0.3, 0.4) is 0 Å². The third-order valence-corrected chi connectivity index (χ3v) is 1.09. The van der Waals surface area contributed by atoms with Gasteiger partial charge in [-0.2, -0.15) is 0 Å². The highest BCUT2D eigenvalue weighted by atomic mass is 16.4. The number of carboxylic acid groups (broad SMARTS) is 1. The maximum atomic E-state index is 11.0. The van der Waals surface area contributed by atoms with Crippen molar-refractivity contribution < 1.29 is 14.7 Å². The number of nitrogens with zero attached hydrogens (tertiary/aromatic N) is 1. The lowest BCUT2D eigenvalue weighted by Gasteiger charge is -2.06. The Morgan fingerprint density at radius 2 is 1.92 bits per heavy atom. The van der Waals surface area contributed by atoms with Gasteiger partial charge in [0.15, 0.2) is 0 Å². The number of carbonyl (C=O) groups excluding carboxylic acids is 1. The summed E-state index contributed by atoms with van der Waals surface area (Å²) < 4.78 is 0. The van der Waals surface area contributed by atoms with Crippen molar-refractivity contribution in [2.75, 3.05) is 7.05 Å². The lowest BCUT2D eigenvalue weighted by atomic mass is 10.4. The molecule has 0 aromatic carbocycles. The Morgan fingerprint density at radius 1 is 1.33 bits per heavy atom. The van der Waals surface area contributed by atoms with Crippen LogP contribution >= 0.6 is 0 Å². The number of allylic oxidation sites excluding steroid dienone is 1. The van der Waals surface area contributed by atoms with Crippen molar-refractivity contribution in [1.29, 1.82) is 0 Å². The molecular weight excluding hydrogens is 158 g/mol. The zero-order valence-corrected chi connectivity index (χ0v) is 7.02. The molecule has 0 saturated carbocycles. The van der Waals surface area contributed by atoms with Gasteiger partial charge < -0.3 is 10.0 Å². The summed E-state index contributed by atoms with van der Waals surface area (Å²) in [5.74, 6) is -1.49. The molecule has 0 bridgehead atoms. The molecule has 4 nitrogen and oxygen atoms in total. The lowest BCUT2D eigenvalue weighted by Crippen LogP contribution is -2.18. The molecule has 0 aliphatic rings. The molecule has 0 saturated heterocycles. The number of carboxylic acids is 1. The Balaban J connectivity index is 4.12. The van der Waals surface area contributed by atoms with E-state index < -0.39 is 5.97 Å². The van der Waals surface area contributed by atoms with Gasteiger partial charge in [0, 0.05) is 25.4 Å². The van der Waals surface area contributed by atoms with Crippen LogP contribution in [0.4, 0.5) is 0 Å². The number of likely N-dealkylation sites (N-methyl/N-ethyl adjacent to an activating group) is 1. The SMILES string of the molecule is C/C=C/N(C)C(=O)/C=C/C(=O)O. The molecule has 0 aromatic heterocycles. The summed E-state index contributed by atoms with van der Waals surface area (Å²) in [4.78, 5) is 22.3. The van der Waals surface area contributed by atoms with Crippen molar-refractivity contribution in [1.82, 2.24) is 4.90 Å². The maximum Gasteiger partial charge on any atom is 0.328 e. The van der Waals surface area contributed by atoms with Crippen molar-refractivity contribution in [2.45, 2.75) is 6.92 Å². The van der Waals surface area contributed by atoms with Gasteiger partial charge in [0.1, 0.15) is 0 Å². The van der Waals surface area contributed by atoms with Crippen LogP contribution in [-0.4, -0.2) is 28.9 Å². The van der Waals surface area contributed by atoms with Crippen molar-refractivity contribution in [2.24, 2.45) is 0 Å². The third-order valence-electron chi connectivity index (χ3n) is 1.09. The highest BCUT2D eigenvalue weighted by Gasteiger charge is 1.99. The number of rotatable bonds is 3. The molecule has 0 unspecified atom stereocenters. The minimum absolute atomic E-state index is 0.365. The van der Waals surface area contributed by atoms with Crippen LogP contribution in [-0.2, 0) is 9.59 Å². The summed E-state index contributed by atoms with van der Waals surface area (Å²) in [5.41, 5.74) is 0. The van der Waals surface area contributed by atoms with E-state index in [1.165, 1.54) is 4.90 Å². The average molecular weight is 169 g/mol. The molecule has 4 heteroatoms. The molecule has 0 spiro atoms. The molecule has 0 heterocycles. The Bertz CT molecular complexity index is 230. The fourth-order valence-electron chi connectivity index (χ4n) is 0.557. The molecular formula is C8H11NO3. The van der Waals surface area contributed by atoms with Crippen LogP contribution in [0, 0.1) is 0 Å². The number of carbonyl (C=O) groups is 2. The molecule has 1 amide bonds. The predicted octanol–water partition coefficient (Wildman–Crippen LogP) is 0.619. The maximum absolute atomic E-state index is 11.0. The van der Waals surface area contributed by atoms with Crippen LogP contribution in [0.1, 0.15) is 6.92 Å². The van der Waals surface area contributed by atoms with Gasteiger partial charge in [0.2, 0.25) is 5.91 Å². The molecule has 0 aliphatic heterocycles. The quantitative estimate of drug-likeness (QED) is 0.630. The Labute approximate surface area is 70.8 Å². The van der Waals surface area contributed by atoms with Gasteiger partial charge in [-0.1, -0.05) is 6.08 Å². The first-order valence-corrected chi connectivity index (χ1v) is 3.38. The van der Waals surface area contributed by atoms with Crippen LogP contribution in [0.5, 0.6) is 0 Å². The van der Waals surface area contributed by atoms with E-state index in [0.717, 1.165) is 12.2 Å². The monoisotopic (exact) mass is 169 g/mol. The molecule has 12 heavy (non-hydrogen) atoms. The van der Waals surface area contributed by atoms with E-state index >= 15 is 0 Å². The minimum Gasteiger partial charge on any atom is -0.478 e. The molecule has 0 aliphatic carbocycles. The van der Waals surface area contributed by atoms with E-state index in [9.17, 15) is 9.59 Å². The Kier molecular flexibility index (Phi) is 4.45. The fraction of sp³-hybridized carbons (Fsp3) is 0.250. The van der Waals surface area contributed by atoms with Gasteiger partial charge in [-0.25, -0.2) is 4.79 Å². The zero-order valence-electron chi connectivity index (χ0n) is 7.02. The van der Waals surface area contributed by atoms with Crippen molar-refractivity contribution in [3.8, 4) is 0 Å². The number of amides is 1. The number of hydrogen-bond donors (Lipinski definition) is 1. The highest BCUT2D eigenvalue weighted by Crippen LogP contribution is 1.88. The van der Waals surface area contributed by atoms with E-state index in [-0.39, 0.29) is 5.91 Å². The number of aliphatic carboxylic acids is 1. The third kappa shape index (κ3) is 4.27. The van der Waals surface area contributed by atoms with Gasteiger partial charge in [-0.3, -0.25) is 4.79 Å². The summed E-state index contributed by atoms with van der Waals surface area (Å²) in [6.45, 7) is 1.77. The zero-order chi connectivity index (χ0) is 9.56. The van der Waals surface area contributed by atoms with E-state index in [1.807, 2.05) is 0 Å². The van der Waals surface area contributed by atoms with Gasteiger partial charge >= 0.3 is 5.97 Å². The number of hydrogen-bond acceptors (Lipinski definition) is 2. The van der Waals surface area contributed by atoms with Gasteiger partial charge in [-0.05, 0) is 6.92 Å². The second-order valence-corrected chi connectivity index (χ2v) is 2.10. The largest absolute Gasteiger partial charge is 0.478 e. The summed E-state index contributed by atoms with van der Waals surface area (Å²) in [7, 11) is 1.55. The lowest BCUT2D eigenvalue weighted by molar-refractivity contribution is -0.132. The smallest absolute Gasteiger partial charge is 0.328 e. The molecule has 1 N–H and O–H groups in total. The van der Waals surface area contributed by atoms with E-state index in [1.54, 1.807) is 26.2 Å². The van der Waals surface area contributed by atoms with Crippen LogP contribution in [0.15, 0.2) is 24.4 Å². The summed E-state index contributed by atoms with van der Waals surface area (Å²) in [6, 6.07) is 0. The topological polar surface area (TPSA) is 57.6 Å². The second-order valence-electron chi connectivity index (χ2n) is 2.10. The molecule has 0 atom stereocenters. The first kappa shape index (κ1) is 10.4. The van der Waals surface area contributed by atoms with Crippen molar-refractivity contribution >= 4 is 11.9 Å². The fourth-order valence-corrected chi connectivity index (χ4v) is 0.557.